The second kappa shape index (κ2) is 8.88. The molecule has 11 heteroatoms. The van der Waals surface area contributed by atoms with Crippen LogP contribution >= 0.6 is 11.6 Å². The third kappa shape index (κ3) is 4.27. The Labute approximate surface area is 217 Å². The Kier molecular flexibility index (Phi) is 6.07. The van der Waals surface area contributed by atoms with E-state index in [4.69, 9.17) is 11.6 Å². The lowest BCUT2D eigenvalue weighted by molar-refractivity contribution is 0.569. The van der Waals surface area contributed by atoms with Gasteiger partial charge in [0.1, 0.15) is 15.6 Å². The van der Waals surface area contributed by atoms with E-state index in [1.54, 1.807) is 24.6 Å². The quantitative estimate of drug-likeness (QED) is 0.358. The molecule has 4 aromatic rings. The second-order valence-electron chi connectivity index (χ2n) is 9.40. The summed E-state index contributed by atoms with van der Waals surface area (Å²) in [4.78, 5) is 16.9. The fourth-order valence-corrected chi connectivity index (χ4v) is 5.83. The molecule has 3 heterocycles. The summed E-state index contributed by atoms with van der Waals surface area (Å²) in [5.41, 5.74) is 0.904. The van der Waals surface area contributed by atoms with Gasteiger partial charge in [0.15, 0.2) is 21.5 Å². The van der Waals surface area contributed by atoms with E-state index in [9.17, 15) is 13.2 Å². The topological polar surface area (TPSA) is 86.8 Å². The summed E-state index contributed by atoms with van der Waals surface area (Å²) in [5.74, 6) is -1.91. The molecule has 1 fully saturated rings. The van der Waals surface area contributed by atoms with Crippen molar-refractivity contribution in [2.45, 2.75) is 37.0 Å². The van der Waals surface area contributed by atoms with Crippen molar-refractivity contribution in [1.82, 2.24) is 19.3 Å². The molecule has 1 aliphatic rings. The summed E-state index contributed by atoms with van der Waals surface area (Å²) >= 11 is 6.55. The van der Waals surface area contributed by atoms with E-state index in [0.29, 0.717) is 16.8 Å². The van der Waals surface area contributed by atoms with Gasteiger partial charge in [-0.05, 0) is 61.6 Å². The van der Waals surface area contributed by atoms with Crippen LogP contribution in [-0.4, -0.2) is 34.0 Å². The fraction of sp³-hybridized carbons (Fsp3) is 0.269. The molecule has 0 bridgehead atoms. The number of nitrogens with zero attached hydrogens (tertiary/aromatic N) is 4. The number of aromatic nitrogens is 4. The van der Waals surface area contributed by atoms with E-state index in [2.05, 4.69) is 10.1 Å². The van der Waals surface area contributed by atoms with Crippen molar-refractivity contribution in [3.63, 3.8) is 0 Å². The van der Waals surface area contributed by atoms with Gasteiger partial charge in [0, 0.05) is 42.9 Å². The van der Waals surface area contributed by atoms with Gasteiger partial charge in [-0.2, -0.15) is 5.10 Å². The fourth-order valence-electron chi connectivity index (χ4n) is 4.79. The maximum absolute atomic E-state index is 16.0. The standard InChI is InChI=1S/C26H23ClF2N4O3S/c1-13-12-30-24(15-6-5-7-20(22(15)28)37(4,35)36)23(29)25(13)33-14(2)10-18(21(27)26(33)34)16-11-17(16)19-8-9-32(3)31-19/h5-10,12,16-17H,11H2,1-4H3/t16-,17-/m0/s1. The highest BCUT2D eigenvalue weighted by Crippen LogP contribution is 2.55. The lowest BCUT2D eigenvalue weighted by atomic mass is 10.1. The third-order valence-corrected chi connectivity index (χ3v) is 8.18. The first kappa shape index (κ1) is 25.3. The zero-order valence-electron chi connectivity index (χ0n) is 20.5. The number of sulfone groups is 1. The summed E-state index contributed by atoms with van der Waals surface area (Å²) < 4.78 is 57.9. The number of pyridine rings is 2. The predicted molar refractivity (Wildman–Crippen MR) is 136 cm³/mol. The average Bonchev–Trinajstić information content (AvgIpc) is 3.50. The van der Waals surface area contributed by atoms with E-state index in [-0.39, 0.29) is 28.1 Å². The molecule has 5 rings (SSSR count). The summed E-state index contributed by atoms with van der Waals surface area (Å²) in [5, 5.41) is 4.43. The second-order valence-corrected chi connectivity index (χ2v) is 11.8. The molecule has 0 unspecified atom stereocenters. The van der Waals surface area contributed by atoms with E-state index >= 15 is 8.78 Å². The highest BCUT2D eigenvalue weighted by molar-refractivity contribution is 7.90. The third-order valence-electron chi connectivity index (χ3n) is 6.68. The molecule has 7 nitrogen and oxygen atoms in total. The minimum atomic E-state index is -3.90. The lowest BCUT2D eigenvalue weighted by Crippen LogP contribution is -2.24. The molecule has 0 aliphatic heterocycles. The van der Waals surface area contributed by atoms with E-state index in [1.165, 1.54) is 18.3 Å². The van der Waals surface area contributed by atoms with Crippen LogP contribution in [0.1, 0.15) is 40.8 Å². The van der Waals surface area contributed by atoms with Crippen molar-refractivity contribution in [3.8, 4) is 16.9 Å². The molecule has 1 saturated carbocycles. The summed E-state index contributed by atoms with van der Waals surface area (Å²) in [6.07, 6.45) is 4.83. The highest BCUT2D eigenvalue weighted by Gasteiger charge is 2.43. The van der Waals surface area contributed by atoms with Crippen LogP contribution in [0.15, 0.2) is 52.4 Å². The zero-order valence-corrected chi connectivity index (χ0v) is 22.0. The first-order chi connectivity index (χ1) is 17.4. The van der Waals surface area contributed by atoms with E-state index in [1.807, 2.05) is 19.3 Å². The smallest absolute Gasteiger partial charge is 0.274 e. The zero-order chi connectivity index (χ0) is 26.8. The van der Waals surface area contributed by atoms with Gasteiger partial charge in [0.05, 0.1) is 11.4 Å². The van der Waals surface area contributed by atoms with Crippen LogP contribution < -0.4 is 5.56 Å². The molecule has 0 saturated heterocycles. The predicted octanol–water partition coefficient (Wildman–Crippen LogP) is 4.86. The Morgan fingerprint density at radius 3 is 2.49 bits per heavy atom. The Morgan fingerprint density at radius 1 is 1.11 bits per heavy atom. The van der Waals surface area contributed by atoms with Crippen LogP contribution in [0, 0.1) is 25.5 Å². The Hall–Kier alpha value is -3.37. The van der Waals surface area contributed by atoms with Crippen molar-refractivity contribution in [2.24, 2.45) is 7.05 Å². The number of hydrogen-bond acceptors (Lipinski definition) is 5. The van der Waals surface area contributed by atoms with Gasteiger partial charge in [0.25, 0.3) is 5.56 Å². The monoisotopic (exact) mass is 544 g/mol. The molecule has 37 heavy (non-hydrogen) atoms. The molecule has 3 aromatic heterocycles. The molecule has 0 N–H and O–H groups in total. The minimum absolute atomic E-state index is 0.0172. The number of hydrogen-bond donors (Lipinski definition) is 0. The first-order valence-corrected chi connectivity index (χ1v) is 13.7. The van der Waals surface area contributed by atoms with Gasteiger partial charge in [0.2, 0.25) is 0 Å². The van der Waals surface area contributed by atoms with Crippen LogP contribution in [0.5, 0.6) is 0 Å². The Bertz CT molecular complexity index is 1750. The van der Waals surface area contributed by atoms with Crippen molar-refractivity contribution < 1.29 is 17.2 Å². The molecule has 192 valence electrons. The Balaban J connectivity index is 1.63. The minimum Gasteiger partial charge on any atom is -0.277 e. The molecule has 0 spiro atoms. The van der Waals surface area contributed by atoms with E-state index < -0.39 is 37.6 Å². The van der Waals surface area contributed by atoms with Gasteiger partial charge in [-0.1, -0.05) is 17.7 Å². The van der Waals surface area contributed by atoms with Gasteiger partial charge in [-0.3, -0.25) is 19.0 Å². The van der Waals surface area contributed by atoms with Gasteiger partial charge in [-0.25, -0.2) is 17.2 Å². The number of halogens is 3. The maximum atomic E-state index is 16.0. The normalized spacial score (nSPS) is 17.3. The number of aryl methyl sites for hydroxylation is 3. The number of rotatable bonds is 5. The number of benzene rings is 1. The molecule has 0 amide bonds. The highest BCUT2D eigenvalue weighted by atomic mass is 35.5. The van der Waals surface area contributed by atoms with Gasteiger partial charge >= 0.3 is 0 Å². The maximum Gasteiger partial charge on any atom is 0.274 e. The summed E-state index contributed by atoms with van der Waals surface area (Å²) in [6, 6.07) is 7.35. The van der Waals surface area contributed by atoms with Crippen LogP contribution in [0.25, 0.3) is 16.9 Å². The first-order valence-electron chi connectivity index (χ1n) is 11.5. The van der Waals surface area contributed by atoms with Crippen LogP contribution in [-0.2, 0) is 16.9 Å². The van der Waals surface area contributed by atoms with Crippen LogP contribution in [0.2, 0.25) is 5.02 Å². The molecule has 0 radical (unpaired) electrons. The Morgan fingerprint density at radius 2 is 1.84 bits per heavy atom. The van der Waals surface area contributed by atoms with Crippen molar-refractivity contribution >= 4 is 21.4 Å². The molecular weight excluding hydrogens is 522 g/mol. The van der Waals surface area contributed by atoms with Crippen LogP contribution in [0.3, 0.4) is 0 Å². The average molecular weight is 545 g/mol. The molecular formula is C26H23ClF2N4O3S. The van der Waals surface area contributed by atoms with Crippen molar-refractivity contribution in [1.29, 1.82) is 0 Å². The summed E-state index contributed by atoms with van der Waals surface area (Å²) in [6.45, 7) is 3.24. The van der Waals surface area contributed by atoms with Gasteiger partial charge < -0.3 is 0 Å². The van der Waals surface area contributed by atoms with Gasteiger partial charge in [-0.15, -0.1) is 0 Å². The van der Waals surface area contributed by atoms with Crippen molar-refractivity contribution in [2.75, 3.05) is 6.26 Å². The lowest BCUT2D eigenvalue weighted by Gasteiger charge is -2.18. The SMILES string of the molecule is Cc1cnc(-c2cccc(S(C)(=O)=O)c2F)c(F)c1-n1c(C)cc([C@H]2C[C@@H]2c2ccn(C)n2)c(Cl)c1=O. The van der Waals surface area contributed by atoms with E-state index in [0.717, 1.165) is 29.0 Å². The summed E-state index contributed by atoms with van der Waals surface area (Å²) in [7, 11) is -2.06. The van der Waals surface area contributed by atoms with Crippen LogP contribution in [0.4, 0.5) is 8.78 Å². The molecule has 1 aromatic carbocycles. The largest absolute Gasteiger partial charge is 0.277 e. The molecule has 2 atom stereocenters. The molecule has 1 aliphatic carbocycles. The van der Waals surface area contributed by atoms with Crippen molar-refractivity contribution in [3.05, 3.63) is 92.3 Å².